The van der Waals surface area contributed by atoms with Gasteiger partial charge in [-0.05, 0) is 57.5 Å². The van der Waals surface area contributed by atoms with Crippen LogP contribution in [0.25, 0.3) is 0 Å². The number of hydrogen-bond acceptors (Lipinski definition) is 4. The Hall–Kier alpha value is -0.940. The second kappa shape index (κ2) is 4.93. The molecule has 88 valence electrons. The average molecular weight is 239 g/mol. The lowest BCUT2D eigenvalue weighted by Gasteiger charge is -2.29. The first-order chi connectivity index (χ1) is 7.65. The van der Waals surface area contributed by atoms with Crippen molar-refractivity contribution in [3.05, 3.63) is 16.6 Å². The fourth-order valence-corrected chi connectivity index (χ4v) is 2.43. The number of amides is 1. The molecule has 1 aromatic heterocycles. The maximum Gasteiger partial charge on any atom is 0.271 e. The quantitative estimate of drug-likeness (QED) is 0.845. The van der Waals surface area contributed by atoms with Crippen LogP contribution in [0.3, 0.4) is 0 Å². The molecular weight excluding hydrogens is 222 g/mol. The molecule has 0 bridgehead atoms. The Kier molecular flexibility index (Phi) is 3.56. The zero-order chi connectivity index (χ0) is 11.5. The second-order valence-electron chi connectivity index (χ2n) is 4.37. The van der Waals surface area contributed by atoms with E-state index in [0.29, 0.717) is 11.7 Å². The summed E-state index contributed by atoms with van der Waals surface area (Å²) in [6, 6.07) is 2.15. The van der Waals surface area contributed by atoms with Crippen LogP contribution in [-0.2, 0) is 0 Å². The van der Waals surface area contributed by atoms with Crippen LogP contribution in [0.4, 0.5) is 0 Å². The van der Waals surface area contributed by atoms with Gasteiger partial charge in [-0.25, -0.2) is 0 Å². The number of aromatic nitrogens is 1. The molecule has 1 fully saturated rings. The molecule has 1 N–H and O–H groups in total. The van der Waals surface area contributed by atoms with Crippen molar-refractivity contribution < 1.29 is 4.79 Å². The van der Waals surface area contributed by atoms with Crippen molar-refractivity contribution in [2.24, 2.45) is 0 Å². The van der Waals surface area contributed by atoms with Gasteiger partial charge in [-0.3, -0.25) is 4.79 Å². The van der Waals surface area contributed by atoms with Gasteiger partial charge in [0.05, 0.1) is 0 Å². The van der Waals surface area contributed by atoms with E-state index in [-0.39, 0.29) is 5.91 Å². The minimum absolute atomic E-state index is 0.0288. The third kappa shape index (κ3) is 2.80. The van der Waals surface area contributed by atoms with Crippen LogP contribution >= 0.6 is 11.5 Å². The number of nitrogens with one attached hydrogen (secondary N) is 1. The highest BCUT2D eigenvalue weighted by Gasteiger charge is 2.19. The Morgan fingerprint density at radius 2 is 2.25 bits per heavy atom. The first-order valence-corrected chi connectivity index (χ1v) is 6.35. The number of piperidine rings is 1. The third-order valence-corrected chi connectivity index (χ3v) is 3.61. The summed E-state index contributed by atoms with van der Waals surface area (Å²) < 4.78 is 4.12. The third-order valence-electron chi connectivity index (χ3n) is 2.91. The number of rotatable bonds is 2. The molecule has 16 heavy (non-hydrogen) atoms. The Morgan fingerprint density at radius 1 is 1.56 bits per heavy atom. The largest absolute Gasteiger partial charge is 0.348 e. The molecule has 5 heteroatoms. The van der Waals surface area contributed by atoms with E-state index in [1.54, 1.807) is 0 Å². The first-order valence-electron chi connectivity index (χ1n) is 5.58. The number of carbonyl (C=O) groups excluding carboxylic acids is 1. The van der Waals surface area contributed by atoms with Crippen molar-refractivity contribution in [1.82, 2.24) is 14.6 Å². The van der Waals surface area contributed by atoms with E-state index in [9.17, 15) is 4.79 Å². The SMILES string of the molecule is Cc1cc(C(=O)NC2CCN(C)CC2)ns1. The average Bonchev–Trinajstić information content (AvgIpc) is 2.68. The molecule has 4 nitrogen and oxygen atoms in total. The van der Waals surface area contributed by atoms with Crippen molar-refractivity contribution >= 4 is 17.4 Å². The highest BCUT2D eigenvalue weighted by atomic mass is 32.1. The molecule has 0 unspecified atom stereocenters. The van der Waals surface area contributed by atoms with Crippen molar-refractivity contribution in [3.8, 4) is 0 Å². The monoisotopic (exact) mass is 239 g/mol. The van der Waals surface area contributed by atoms with Gasteiger partial charge in [-0.1, -0.05) is 0 Å². The maximum atomic E-state index is 11.8. The van der Waals surface area contributed by atoms with Crippen LogP contribution < -0.4 is 5.32 Å². The Balaban J connectivity index is 1.88. The van der Waals surface area contributed by atoms with Crippen LogP contribution in [0.5, 0.6) is 0 Å². The van der Waals surface area contributed by atoms with Crippen molar-refractivity contribution in [3.63, 3.8) is 0 Å². The van der Waals surface area contributed by atoms with Crippen LogP contribution in [0, 0.1) is 6.92 Å². The smallest absolute Gasteiger partial charge is 0.271 e. The summed E-state index contributed by atoms with van der Waals surface area (Å²) in [6.45, 7) is 4.08. The minimum Gasteiger partial charge on any atom is -0.348 e. The standard InChI is InChI=1S/C11H17N3OS/c1-8-7-10(13-16-8)11(15)12-9-3-5-14(2)6-4-9/h7,9H,3-6H2,1-2H3,(H,12,15). The zero-order valence-corrected chi connectivity index (χ0v) is 10.5. The number of likely N-dealkylation sites (tertiary alicyclic amines) is 1. The number of nitrogens with zero attached hydrogens (tertiary/aromatic N) is 2. The summed E-state index contributed by atoms with van der Waals surface area (Å²) in [6.07, 6.45) is 2.07. The van der Waals surface area contributed by atoms with Gasteiger partial charge in [0.25, 0.3) is 5.91 Å². The van der Waals surface area contributed by atoms with E-state index >= 15 is 0 Å². The van der Waals surface area contributed by atoms with Crippen molar-refractivity contribution in [2.45, 2.75) is 25.8 Å². The summed E-state index contributed by atoms with van der Waals surface area (Å²) in [4.78, 5) is 15.2. The van der Waals surface area contributed by atoms with Crippen LogP contribution in [0.2, 0.25) is 0 Å². The highest BCUT2D eigenvalue weighted by Crippen LogP contribution is 2.11. The Morgan fingerprint density at radius 3 is 2.81 bits per heavy atom. The van der Waals surface area contributed by atoms with E-state index < -0.39 is 0 Å². The summed E-state index contributed by atoms with van der Waals surface area (Å²) >= 11 is 1.38. The van der Waals surface area contributed by atoms with Crippen LogP contribution in [0.15, 0.2) is 6.07 Å². The minimum atomic E-state index is -0.0288. The van der Waals surface area contributed by atoms with E-state index in [0.717, 1.165) is 30.8 Å². The topological polar surface area (TPSA) is 45.2 Å². The maximum absolute atomic E-state index is 11.8. The van der Waals surface area contributed by atoms with E-state index in [2.05, 4.69) is 21.6 Å². The van der Waals surface area contributed by atoms with Gasteiger partial charge < -0.3 is 10.2 Å². The van der Waals surface area contributed by atoms with E-state index in [4.69, 9.17) is 0 Å². The summed E-state index contributed by atoms with van der Waals surface area (Å²) in [5.41, 5.74) is 0.557. The summed E-state index contributed by atoms with van der Waals surface area (Å²) in [7, 11) is 2.11. The van der Waals surface area contributed by atoms with Gasteiger partial charge in [0.15, 0.2) is 0 Å². The lowest BCUT2D eigenvalue weighted by atomic mass is 10.1. The van der Waals surface area contributed by atoms with Gasteiger partial charge in [0, 0.05) is 10.9 Å². The molecular formula is C11H17N3OS. The Bertz CT molecular complexity index is 369. The predicted molar refractivity (Wildman–Crippen MR) is 64.8 cm³/mol. The normalized spacial score (nSPS) is 18.6. The molecule has 1 amide bonds. The van der Waals surface area contributed by atoms with Crippen LogP contribution in [0.1, 0.15) is 28.2 Å². The molecule has 0 spiro atoms. The fraction of sp³-hybridized carbons (Fsp3) is 0.636. The van der Waals surface area contributed by atoms with Crippen molar-refractivity contribution in [2.75, 3.05) is 20.1 Å². The van der Waals surface area contributed by atoms with Gasteiger partial charge in [-0.15, -0.1) is 0 Å². The zero-order valence-electron chi connectivity index (χ0n) is 9.69. The molecule has 0 saturated carbocycles. The molecule has 2 heterocycles. The molecule has 1 aliphatic heterocycles. The number of hydrogen-bond donors (Lipinski definition) is 1. The fourth-order valence-electron chi connectivity index (χ4n) is 1.89. The van der Waals surface area contributed by atoms with E-state index in [1.165, 1.54) is 11.5 Å². The Labute approximate surface area is 99.8 Å². The molecule has 0 atom stereocenters. The lowest BCUT2D eigenvalue weighted by Crippen LogP contribution is -2.43. The molecule has 0 aliphatic carbocycles. The molecule has 1 aromatic rings. The molecule has 1 saturated heterocycles. The van der Waals surface area contributed by atoms with Gasteiger partial charge in [0.2, 0.25) is 0 Å². The van der Waals surface area contributed by atoms with Crippen LogP contribution in [-0.4, -0.2) is 41.4 Å². The van der Waals surface area contributed by atoms with Gasteiger partial charge >= 0.3 is 0 Å². The molecule has 0 radical (unpaired) electrons. The second-order valence-corrected chi connectivity index (χ2v) is 5.38. The number of carbonyl (C=O) groups is 1. The number of aryl methyl sites for hydroxylation is 1. The first kappa shape index (κ1) is 11.5. The summed E-state index contributed by atoms with van der Waals surface area (Å²) in [5.74, 6) is -0.0288. The van der Waals surface area contributed by atoms with Gasteiger partial charge in [-0.2, -0.15) is 4.37 Å². The predicted octanol–water partition coefficient (Wildman–Crippen LogP) is 1.28. The molecule has 2 rings (SSSR count). The lowest BCUT2D eigenvalue weighted by molar-refractivity contribution is 0.0913. The van der Waals surface area contributed by atoms with E-state index in [1.807, 2.05) is 13.0 Å². The van der Waals surface area contributed by atoms with Gasteiger partial charge in [0.1, 0.15) is 5.69 Å². The van der Waals surface area contributed by atoms with Crippen molar-refractivity contribution in [1.29, 1.82) is 0 Å². The molecule has 0 aromatic carbocycles. The summed E-state index contributed by atoms with van der Waals surface area (Å²) in [5, 5.41) is 3.05. The highest BCUT2D eigenvalue weighted by molar-refractivity contribution is 7.05. The molecule has 1 aliphatic rings.